The lowest BCUT2D eigenvalue weighted by molar-refractivity contribution is -0.143. The Hall–Kier alpha value is -3.14. The lowest BCUT2D eigenvalue weighted by atomic mass is 10.1. The van der Waals surface area contributed by atoms with E-state index in [-0.39, 0.29) is 19.1 Å². The van der Waals surface area contributed by atoms with Crippen LogP contribution in [-0.2, 0) is 16.1 Å². The van der Waals surface area contributed by atoms with Gasteiger partial charge in [-0.25, -0.2) is 0 Å². The van der Waals surface area contributed by atoms with Gasteiger partial charge in [0.1, 0.15) is 13.2 Å². The van der Waals surface area contributed by atoms with Gasteiger partial charge in [0.2, 0.25) is 0 Å². The van der Waals surface area contributed by atoms with Crippen molar-refractivity contribution in [2.45, 2.75) is 20.5 Å². The van der Waals surface area contributed by atoms with Crippen LogP contribution in [0.25, 0.3) is 10.8 Å². The number of benzene rings is 3. The molecule has 0 radical (unpaired) electrons. The van der Waals surface area contributed by atoms with Gasteiger partial charge in [0.25, 0.3) is 5.91 Å². The fourth-order valence-electron chi connectivity index (χ4n) is 2.76. The topological polar surface area (TPSA) is 55.4 Å². The third-order valence-corrected chi connectivity index (χ3v) is 4.43. The summed E-state index contributed by atoms with van der Waals surface area (Å²) in [6, 6.07) is 19.3. The van der Waals surface area contributed by atoms with Gasteiger partial charge in [-0.2, -0.15) is 0 Å². The number of esters is 1. The summed E-state index contributed by atoms with van der Waals surface area (Å²) < 4.78 is 5.31. The minimum Gasteiger partial charge on any atom is -0.459 e. The second kappa shape index (κ2) is 7.83. The van der Waals surface area contributed by atoms with E-state index in [9.17, 15) is 9.59 Å². The molecule has 0 heterocycles. The summed E-state index contributed by atoms with van der Waals surface area (Å²) in [4.78, 5) is 24.1. The molecule has 132 valence electrons. The van der Waals surface area contributed by atoms with E-state index in [1.807, 2.05) is 68.4 Å². The van der Waals surface area contributed by atoms with Gasteiger partial charge in [0.05, 0.1) is 0 Å². The van der Waals surface area contributed by atoms with Crippen molar-refractivity contribution in [3.63, 3.8) is 0 Å². The van der Waals surface area contributed by atoms with Crippen molar-refractivity contribution < 1.29 is 14.3 Å². The van der Waals surface area contributed by atoms with Crippen LogP contribution >= 0.6 is 0 Å². The molecule has 3 aromatic carbocycles. The maximum Gasteiger partial charge on any atom is 0.325 e. The molecule has 0 aliphatic rings. The predicted molar refractivity (Wildman–Crippen MR) is 102 cm³/mol. The Labute approximate surface area is 152 Å². The first-order valence-corrected chi connectivity index (χ1v) is 8.52. The van der Waals surface area contributed by atoms with Crippen LogP contribution in [0.4, 0.5) is 0 Å². The molecule has 0 unspecified atom stereocenters. The molecule has 0 aliphatic carbocycles. The molecule has 3 aromatic rings. The van der Waals surface area contributed by atoms with Gasteiger partial charge in [-0.1, -0.05) is 48.5 Å². The lowest BCUT2D eigenvalue weighted by Crippen LogP contribution is -2.30. The molecule has 0 atom stereocenters. The zero-order chi connectivity index (χ0) is 18.5. The molecule has 0 saturated carbocycles. The molecule has 4 heteroatoms. The maximum absolute atomic E-state index is 12.1. The van der Waals surface area contributed by atoms with E-state index in [2.05, 4.69) is 5.32 Å². The van der Waals surface area contributed by atoms with Gasteiger partial charge in [0.15, 0.2) is 0 Å². The number of amides is 1. The Morgan fingerprint density at radius 1 is 0.923 bits per heavy atom. The highest BCUT2D eigenvalue weighted by Crippen LogP contribution is 2.19. The molecular weight excluding hydrogens is 326 g/mol. The molecule has 0 spiro atoms. The Balaban J connectivity index is 1.55. The average molecular weight is 347 g/mol. The number of nitrogens with one attached hydrogen (secondary N) is 1. The third-order valence-electron chi connectivity index (χ3n) is 4.43. The molecule has 4 nitrogen and oxygen atoms in total. The van der Waals surface area contributed by atoms with Gasteiger partial charge < -0.3 is 10.1 Å². The standard InChI is InChI=1S/C22H21NO3/c1-15-10-11-18(12-16(15)2)22(25)23-13-21(24)26-14-19-8-5-7-17-6-3-4-9-20(17)19/h3-12H,13-14H2,1-2H3,(H,23,25). The van der Waals surface area contributed by atoms with Crippen molar-refractivity contribution in [3.05, 3.63) is 82.9 Å². The lowest BCUT2D eigenvalue weighted by Gasteiger charge is -2.09. The molecule has 0 aliphatic heterocycles. The van der Waals surface area contributed by atoms with E-state index < -0.39 is 5.97 Å². The minimum atomic E-state index is -0.463. The largest absolute Gasteiger partial charge is 0.459 e. The summed E-state index contributed by atoms with van der Waals surface area (Å²) in [6.45, 7) is 3.96. The fraction of sp³-hybridized carbons (Fsp3) is 0.182. The summed E-state index contributed by atoms with van der Waals surface area (Å²) in [5.41, 5.74) is 3.64. The summed E-state index contributed by atoms with van der Waals surface area (Å²) >= 11 is 0. The zero-order valence-electron chi connectivity index (χ0n) is 14.9. The number of carbonyl (C=O) groups is 2. The third kappa shape index (κ3) is 4.09. The van der Waals surface area contributed by atoms with Crippen molar-refractivity contribution in [1.82, 2.24) is 5.32 Å². The van der Waals surface area contributed by atoms with Crippen molar-refractivity contribution in [2.75, 3.05) is 6.54 Å². The highest BCUT2D eigenvalue weighted by molar-refractivity contribution is 5.96. The minimum absolute atomic E-state index is 0.156. The maximum atomic E-state index is 12.1. The Morgan fingerprint density at radius 2 is 1.69 bits per heavy atom. The number of carbonyl (C=O) groups excluding carboxylic acids is 2. The fourth-order valence-corrected chi connectivity index (χ4v) is 2.76. The van der Waals surface area contributed by atoms with Gasteiger partial charge in [0, 0.05) is 5.56 Å². The average Bonchev–Trinajstić information content (AvgIpc) is 2.66. The van der Waals surface area contributed by atoms with Crippen LogP contribution in [0.1, 0.15) is 27.0 Å². The summed E-state index contributed by atoms with van der Waals surface area (Å²) in [7, 11) is 0. The van der Waals surface area contributed by atoms with Crippen molar-refractivity contribution in [2.24, 2.45) is 0 Å². The molecule has 0 saturated heterocycles. The van der Waals surface area contributed by atoms with Crippen LogP contribution in [0.3, 0.4) is 0 Å². The van der Waals surface area contributed by atoms with E-state index in [4.69, 9.17) is 4.74 Å². The van der Waals surface area contributed by atoms with E-state index in [0.29, 0.717) is 5.56 Å². The zero-order valence-corrected chi connectivity index (χ0v) is 14.9. The first-order valence-electron chi connectivity index (χ1n) is 8.52. The van der Waals surface area contributed by atoms with Crippen molar-refractivity contribution >= 4 is 22.6 Å². The first-order chi connectivity index (χ1) is 12.5. The van der Waals surface area contributed by atoms with Gasteiger partial charge in [-0.15, -0.1) is 0 Å². The Kier molecular flexibility index (Phi) is 5.32. The quantitative estimate of drug-likeness (QED) is 0.712. The molecule has 26 heavy (non-hydrogen) atoms. The molecular formula is C22H21NO3. The number of rotatable bonds is 5. The van der Waals surface area contributed by atoms with Crippen LogP contribution in [0.5, 0.6) is 0 Å². The molecule has 0 aromatic heterocycles. The van der Waals surface area contributed by atoms with E-state index in [1.165, 1.54) is 0 Å². The summed E-state index contributed by atoms with van der Waals surface area (Å²) in [6.07, 6.45) is 0. The summed E-state index contributed by atoms with van der Waals surface area (Å²) in [5, 5.41) is 4.76. The number of hydrogen-bond donors (Lipinski definition) is 1. The van der Waals surface area contributed by atoms with Gasteiger partial charge >= 0.3 is 5.97 Å². The molecule has 3 rings (SSSR count). The van der Waals surface area contributed by atoms with Crippen molar-refractivity contribution in [1.29, 1.82) is 0 Å². The normalized spacial score (nSPS) is 10.5. The highest BCUT2D eigenvalue weighted by atomic mass is 16.5. The monoisotopic (exact) mass is 347 g/mol. The number of ether oxygens (including phenoxy) is 1. The second-order valence-electron chi connectivity index (χ2n) is 6.28. The van der Waals surface area contributed by atoms with E-state index >= 15 is 0 Å². The smallest absolute Gasteiger partial charge is 0.325 e. The van der Waals surface area contributed by atoms with Crippen LogP contribution in [0, 0.1) is 13.8 Å². The summed E-state index contributed by atoms with van der Waals surface area (Å²) in [5.74, 6) is -0.745. The highest BCUT2D eigenvalue weighted by Gasteiger charge is 2.10. The molecule has 1 amide bonds. The van der Waals surface area contributed by atoms with E-state index in [1.54, 1.807) is 6.07 Å². The number of fused-ring (bicyclic) bond motifs is 1. The van der Waals surface area contributed by atoms with E-state index in [0.717, 1.165) is 27.5 Å². The van der Waals surface area contributed by atoms with Crippen LogP contribution < -0.4 is 5.32 Å². The number of hydrogen-bond acceptors (Lipinski definition) is 3. The van der Waals surface area contributed by atoms with Crippen molar-refractivity contribution in [3.8, 4) is 0 Å². The van der Waals surface area contributed by atoms with Crippen LogP contribution in [-0.4, -0.2) is 18.4 Å². The van der Waals surface area contributed by atoms with Gasteiger partial charge in [-0.3, -0.25) is 9.59 Å². The molecule has 1 N–H and O–H groups in total. The Morgan fingerprint density at radius 3 is 2.50 bits per heavy atom. The second-order valence-corrected chi connectivity index (χ2v) is 6.28. The first kappa shape index (κ1) is 17.7. The Bertz CT molecular complexity index is 957. The van der Waals surface area contributed by atoms with Crippen LogP contribution in [0.2, 0.25) is 0 Å². The molecule has 0 fully saturated rings. The molecule has 0 bridgehead atoms. The SMILES string of the molecule is Cc1ccc(C(=O)NCC(=O)OCc2cccc3ccccc23)cc1C. The van der Waals surface area contributed by atoms with Gasteiger partial charge in [-0.05, 0) is 53.4 Å². The van der Waals surface area contributed by atoms with Crippen LogP contribution in [0.15, 0.2) is 60.7 Å². The predicted octanol–water partition coefficient (Wildman–Crippen LogP) is 3.93. The number of aryl methyl sites for hydroxylation is 2.